The molecule has 3 heterocycles. The molecule has 7 heteroatoms. The number of rotatable bonds is 7. The van der Waals surface area contributed by atoms with Crippen LogP contribution in [-0.2, 0) is 18.9 Å². The van der Waals surface area contributed by atoms with E-state index in [0.29, 0.717) is 18.6 Å². The molecule has 170 valence electrons. The van der Waals surface area contributed by atoms with Gasteiger partial charge in [-0.15, -0.1) is 0 Å². The van der Waals surface area contributed by atoms with E-state index in [4.69, 9.17) is 29.2 Å². The average molecular weight is 433 g/mol. The maximum Gasteiger partial charge on any atom is 0.192 e. The Morgan fingerprint density at radius 2 is 1.26 bits per heavy atom. The zero-order valence-electron chi connectivity index (χ0n) is 18.1. The second-order valence-corrected chi connectivity index (χ2v) is 7.75. The van der Waals surface area contributed by atoms with Gasteiger partial charge in [0.1, 0.15) is 29.8 Å². The molecule has 7 nitrogen and oxygen atoms in total. The second kappa shape index (κ2) is 10.9. The molecule has 0 aliphatic carbocycles. The van der Waals surface area contributed by atoms with Crippen LogP contribution in [0, 0.1) is 0 Å². The van der Waals surface area contributed by atoms with Crippen LogP contribution in [-0.4, -0.2) is 65.8 Å². The molecule has 2 aromatic carbocycles. The summed E-state index contributed by atoms with van der Waals surface area (Å²) in [6, 6.07) is 13.9. The first-order valence-electron chi connectivity index (χ1n) is 10.7. The van der Waals surface area contributed by atoms with E-state index in [1.807, 2.05) is 38.1 Å². The summed E-state index contributed by atoms with van der Waals surface area (Å²) in [5.74, 6) is -0.227. The molecule has 0 aromatic heterocycles. The van der Waals surface area contributed by atoms with Gasteiger partial charge in [0.05, 0.1) is 26.4 Å². The number of phenolic OH excluding ortho intramolecular Hbond substituents is 2. The summed E-state index contributed by atoms with van der Waals surface area (Å²) >= 11 is 0. The minimum atomic E-state index is -0.741. The molecule has 5 rings (SSSR count). The van der Waals surface area contributed by atoms with Crippen LogP contribution in [0.25, 0.3) is 11.1 Å². The number of aromatic hydroxyl groups is 2. The smallest absolute Gasteiger partial charge is 0.192 e. The molecule has 0 spiro atoms. The van der Waals surface area contributed by atoms with Crippen molar-refractivity contribution in [3.63, 3.8) is 0 Å². The van der Waals surface area contributed by atoms with E-state index < -0.39 is 5.79 Å². The third kappa shape index (κ3) is 8.12. The Morgan fingerprint density at radius 3 is 1.52 bits per heavy atom. The Bertz CT molecular complexity index is 729. The molecular formula is C24H32O7. The van der Waals surface area contributed by atoms with Crippen LogP contribution in [0.3, 0.4) is 0 Å². The maximum atomic E-state index is 9.18. The molecule has 0 amide bonds. The summed E-state index contributed by atoms with van der Waals surface area (Å²) in [7, 11) is 0. The first-order valence-corrected chi connectivity index (χ1v) is 10.7. The number of hydrogen-bond donors (Lipinski definition) is 3. The van der Waals surface area contributed by atoms with Gasteiger partial charge >= 0.3 is 0 Å². The van der Waals surface area contributed by atoms with Crippen molar-refractivity contribution in [3.05, 3.63) is 48.5 Å². The van der Waals surface area contributed by atoms with Crippen LogP contribution in [0.5, 0.6) is 11.5 Å². The van der Waals surface area contributed by atoms with Gasteiger partial charge < -0.3 is 34.3 Å². The molecule has 3 aliphatic heterocycles. The maximum absolute atomic E-state index is 9.18. The van der Waals surface area contributed by atoms with Crippen LogP contribution >= 0.6 is 0 Å². The molecule has 3 N–H and O–H groups in total. The highest BCUT2D eigenvalue weighted by Crippen LogP contribution is 2.38. The van der Waals surface area contributed by atoms with E-state index in [1.54, 1.807) is 24.3 Å². The second-order valence-electron chi connectivity index (χ2n) is 7.75. The molecule has 3 fully saturated rings. The predicted octanol–water partition coefficient (Wildman–Crippen LogP) is 3.46. The van der Waals surface area contributed by atoms with Crippen LogP contribution < -0.4 is 0 Å². The van der Waals surface area contributed by atoms with Crippen LogP contribution in [0.15, 0.2) is 48.5 Å². The summed E-state index contributed by atoms with van der Waals surface area (Å²) in [6.07, 6.45) is 2.54. The largest absolute Gasteiger partial charge is 0.508 e. The van der Waals surface area contributed by atoms with Crippen molar-refractivity contribution < 1.29 is 34.3 Å². The Balaban J connectivity index is 0.000000139. The van der Waals surface area contributed by atoms with E-state index in [1.165, 1.54) is 0 Å². The SMILES string of the molecule is C(OCC1CO1)C1CO1.CCC1OC1(O)CC.Oc1ccc(-c2ccc(O)cc2)cc1. The summed E-state index contributed by atoms with van der Waals surface area (Å²) in [5.41, 5.74) is 2.03. The van der Waals surface area contributed by atoms with Gasteiger partial charge in [-0.3, -0.25) is 0 Å². The third-order valence-corrected chi connectivity index (χ3v) is 5.15. The van der Waals surface area contributed by atoms with Gasteiger partial charge in [0.15, 0.2) is 5.79 Å². The summed E-state index contributed by atoms with van der Waals surface area (Å²) in [5, 5.41) is 27.4. The lowest BCUT2D eigenvalue weighted by molar-refractivity contribution is 0.0332. The Kier molecular flexibility index (Phi) is 8.28. The monoisotopic (exact) mass is 432 g/mol. The van der Waals surface area contributed by atoms with Crippen molar-refractivity contribution in [3.8, 4) is 22.6 Å². The third-order valence-electron chi connectivity index (χ3n) is 5.15. The average Bonchev–Trinajstić information content (AvgIpc) is 3.65. The molecule has 0 saturated carbocycles. The number of hydrogen-bond acceptors (Lipinski definition) is 7. The molecule has 3 saturated heterocycles. The van der Waals surface area contributed by atoms with E-state index in [9.17, 15) is 5.11 Å². The molecular weight excluding hydrogens is 400 g/mol. The topological polar surface area (TPSA) is 108 Å². The number of benzene rings is 2. The number of epoxide rings is 3. The normalized spacial score (nSPS) is 27.3. The fourth-order valence-electron chi connectivity index (χ4n) is 2.89. The van der Waals surface area contributed by atoms with E-state index >= 15 is 0 Å². The highest BCUT2D eigenvalue weighted by molar-refractivity contribution is 5.64. The first kappa shape index (κ1) is 23.5. The first-order chi connectivity index (χ1) is 14.9. The van der Waals surface area contributed by atoms with Crippen LogP contribution in [0.2, 0.25) is 0 Å². The fraction of sp³-hybridized carbons (Fsp3) is 0.500. The van der Waals surface area contributed by atoms with E-state index in [0.717, 1.165) is 44.0 Å². The Morgan fingerprint density at radius 1 is 0.839 bits per heavy atom. The van der Waals surface area contributed by atoms with Gasteiger partial charge in [-0.2, -0.15) is 0 Å². The van der Waals surface area contributed by atoms with Crippen molar-refractivity contribution in [2.45, 2.75) is 50.8 Å². The van der Waals surface area contributed by atoms with Crippen molar-refractivity contribution in [2.24, 2.45) is 0 Å². The molecule has 2 aromatic rings. The lowest BCUT2D eigenvalue weighted by Crippen LogP contribution is -2.10. The van der Waals surface area contributed by atoms with Crippen molar-refractivity contribution in [1.82, 2.24) is 0 Å². The number of ether oxygens (including phenoxy) is 4. The molecule has 4 unspecified atom stereocenters. The van der Waals surface area contributed by atoms with Crippen LogP contribution in [0.1, 0.15) is 26.7 Å². The molecule has 0 bridgehead atoms. The molecule has 0 radical (unpaired) electrons. The van der Waals surface area contributed by atoms with Gasteiger partial charge in [-0.1, -0.05) is 38.1 Å². The van der Waals surface area contributed by atoms with Crippen molar-refractivity contribution >= 4 is 0 Å². The zero-order valence-corrected chi connectivity index (χ0v) is 18.1. The molecule has 3 aliphatic rings. The Hall–Kier alpha value is -2.16. The minimum absolute atomic E-state index is 0.118. The number of phenols is 2. The van der Waals surface area contributed by atoms with Gasteiger partial charge in [-0.25, -0.2) is 0 Å². The zero-order chi connectivity index (χ0) is 22.3. The standard InChI is InChI=1S/C12H10O2.C6H10O3.C6H12O2/c13-11-5-1-9(2-6-11)10-3-7-12(14)8-4-10;1(5-3-8-5)7-2-6-4-9-6;1-3-5-6(7,4-2)8-5/h1-8,13-14H;5-6H,1-4H2;5,7H,3-4H2,1-2H3. The van der Waals surface area contributed by atoms with Crippen LogP contribution in [0.4, 0.5) is 0 Å². The summed E-state index contributed by atoms with van der Waals surface area (Å²) in [6.45, 7) is 7.20. The van der Waals surface area contributed by atoms with Gasteiger partial charge in [0.25, 0.3) is 0 Å². The molecule has 4 atom stereocenters. The fourth-order valence-corrected chi connectivity index (χ4v) is 2.89. The highest BCUT2D eigenvalue weighted by Gasteiger charge is 2.52. The van der Waals surface area contributed by atoms with E-state index in [2.05, 4.69) is 0 Å². The van der Waals surface area contributed by atoms with Gasteiger partial charge in [0, 0.05) is 6.42 Å². The quantitative estimate of drug-likeness (QED) is 0.575. The molecule has 31 heavy (non-hydrogen) atoms. The summed E-state index contributed by atoms with van der Waals surface area (Å²) < 4.78 is 20.1. The Labute approximate surface area is 183 Å². The minimum Gasteiger partial charge on any atom is -0.508 e. The lowest BCUT2D eigenvalue weighted by Gasteiger charge is -2.01. The summed E-state index contributed by atoms with van der Waals surface area (Å²) in [4.78, 5) is 0. The van der Waals surface area contributed by atoms with Gasteiger partial charge in [0.2, 0.25) is 0 Å². The van der Waals surface area contributed by atoms with E-state index in [-0.39, 0.29) is 17.6 Å². The van der Waals surface area contributed by atoms with Crippen molar-refractivity contribution in [2.75, 3.05) is 26.4 Å². The van der Waals surface area contributed by atoms with Gasteiger partial charge in [-0.05, 0) is 41.8 Å². The van der Waals surface area contributed by atoms with Crippen molar-refractivity contribution in [1.29, 1.82) is 0 Å². The predicted molar refractivity (Wildman–Crippen MR) is 116 cm³/mol. The number of aliphatic hydroxyl groups is 1. The highest BCUT2D eigenvalue weighted by atomic mass is 16.7. The lowest BCUT2D eigenvalue weighted by atomic mass is 10.1.